The molecule has 0 aromatic heterocycles. The predicted molar refractivity (Wildman–Crippen MR) is 46.6 cm³/mol. The Kier molecular flexibility index (Phi) is 38.4. The molecule has 0 heterocycles. The van der Waals surface area contributed by atoms with Crippen LogP contribution in [0.1, 0.15) is 0 Å². The Balaban J connectivity index is -0.0000000267. The van der Waals surface area contributed by atoms with Crippen molar-refractivity contribution >= 4 is 192 Å². The molecule has 0 saturated heterocycles. The van der Waals surface area contributed by atoms with Crippen LogP contribution in [0.2, 0.25) is 0 Å². The van der Waals surface area contributed by atoms with Crippen molar-refractivity contribution in [1.82, 2.24) is 0 Å². The summed E-state index contributed by atoms with van der Waals surface area (Å²) in [5.41, 5.74) is 0. The monoisotopic (exact) mass is 723 g/mol. The van der Waals surface area contributed by atoms with E-state index in [2.05, 4.69) is 0 Å². The van der Waals surface area contributed by atoms with Gasteiger partial charge >= 0.3 is 147 Å². The second-order valence-electron chi connectivity index (χ2n) is 0.963. The molecule has 0 radical (unpaired) electrons. The third kappa shape index (κ3) is 131. The minimum Gasteiger partial charge on any atom is -0.873 e. The van der Waals surface area contributed by atoms with Gasteiger partial charge in [0.25, 0.3) is 0 Å². The van der Waals surface area contributed by atoms with Gasteiger partial charge in [-0.3, -0.25) is 0 Å². The molecule has 0 rings (SSSR count). The molecule has 0 aliphatic rings. The molecule has 0 aromatic carbocycles. The summed E-state index contributed by atoms with van der Waals surface area (Å²) in [4.78, 5) is 54.3. The van der Waals surface area contributed by atoms with Crippen LogP contribution >= 0.6 is 30.6 Å². The van der Waals surface area contributed by atoms with Crippen LogP contribution in [0.5, 0.6) is 0 Å². The van der Waals surface area contributed by atoms with Crippen LogP contribution < -0.4 is 28.8 Å². The molecule has 0 unspecified atom stereocenters. The Labute approximate surface area is 214 Å². The Morgan fingerprint density at radius 3 is 0.538 bits per heavy atom. The third-order valence-corrected chi connectivity index (χ3v) is 0. The van der Waals surface area contributed by atoms with E-state index in [1.807, 2.05) is 30.6 Å². The summed E-state index contributed by atoms with van der Waals surface area (Å²) in [5.74, 6) is 0. The van der Waals surface area contributed by atoms with Gasteiger partial charge in [-0.25, -0.2) is 0 Å². The molecule has 0 aliphatic heterocycles. The van der Waals surface area contributed by atoms with Crippen molar-refractivity contribution in [3.63, 3.8) is 0 Å². The van der Waals surface area contributed by atoms with E-state index in [4.69, 9.17) is 28.8 Å². The van der Waals surface area contributed by atoms with E-state index in [1.165, 1.54) is 0 Å². The van der Waals surface area contributed by atoms with Gasteiger partial charge in [-0.2, -0.15) is 45.4 Å². The van der Waals surface area contributed by atoms with E-state index in [9.17, 15) is 0 Å². The molecule has 0 bridgehead atoms. The van der Waals surface area contributed by atoms with Gasteiger partial charge in [-0.1, -0.05) is 0 Å². The fourth-order valence-electron chi connectivity index (χ4n) is 0. The number of hydrogen-bond acceptors (Lipinski definition) is 6. The summed E-state index contributed by atoms with van der Waals surface area (Å²) >= 11 is 3.69. The van der Waals surface area contributed by atoms with Crippen LogP contribution in [0.4, 0.5) is 0 Å². The molecule has 0 N–H and O–H groups in total. The second-order valence-corrected chi connectivity index (χ2v) is 8.72. The molecule has 13 heteroatoms. The fourth-order valence-corrected chi connectivity index (χ4v) is 0. The standard InChI is InChI=1S/3Ba.2BrO3Si/c;;;2*1-5(2,3)4/q3*+2;2*-3. The molecule has 13 heavy (non-hydrogen) atoms. The van der Waals surface area contributed by atoms with Crippen LogP contribution in [-0.2, 0) is 0 Å². The SMILES string of the molecule is [Ba+2].[Ba+2].[Ba+2].[O-][Si]([O-])([O-])Br.[O-][Si]([O-])([O-])Br. The maximum Gasteiger partial charge on any atom is 2.00 e. The van der Waals surface area contributed by atoms with Gasteiger partial charge in [0.15, 0.2) is 0 Å². The van der Waals surface area contributed by atoms with Gasteiger partial charge in [-0.15, -0.1) is 0 Å². The van der Waals surface area contributed by atoms with Crippen molar-refractivity contribution in [2.45, 2.75) is 0 Å². The summed E-state index contributed by atoms with van der Waals surface area (Å²) in [5, 5.41) is 0. The van der Waals surface area contributed by atoms with Gasteiger partial charge < -0.3 is 28.8 Å². The minimum absolute atomic E-state index is 0. The van der Waals surface area contributed by atoms with Gasteiger partial charge in [-0.05, 0) is 0 Å². The van der Waals surface area contributed by atoms with Crippen LogP contribution in [-0.4, -0.2) is 161 Å². The van der Waals surface area contributed by atoms with E-state index in [0.29, 0.717) is 0 Å². The molecule has 64 valence electrons. The summed E-state index contributed by atoms with van der Waals surface area (Å²) in [6.07, 6.45) is 0. The molecule has 0 atom stereocenters. The Morgan fingerprint density at radius 2 is 0.538 bits per heavy atom. The third-order valence-electron chi connectivity index (χ3n) is 0. The van der Waals surface area contributed by atoms with Crippen molar-refractivity contribution in [3.8, 4) is 0 Å². The van der Waals surface area contributed by atoms with E-state index in [0.717, 1.165) is 0 Å². The molecular formula is Ba3Br2O6Si2. The first kappa shape index (κ1) is 31.3. The smallest absolute Gasteiger partial charge is 0.873 e. The van der Waals surface area contributed by atoms with Crippen LogP contribution in [0.3, 0.4) is 0 Å². The molecule has 0 saturated carbocycles. The number of hydrogen-bond donors (Lipinski definition) is 0. The maximum atomic E-state index is 9.05. The van der Waals surface area contributed by atoms with E-state index >= 15 is 0 Å². The Bertz CT molecular complexity index is 66.9. The zero-order valence-electron chi connectivity index (χ0n) is 6.33. The van der Waals surface area contributed by atoms with Crippen molar-refractivity contribution in [2.24, 2.45) is 0 Å². The largest absolute Gasteiger partial charge is 2.00 e. The van der Waals surface area contributed by atoms with Crippen LogP contribution in [0, 0.1) is 0 Å². The zero-order valence-corrected chi connectivity index (χ0v) is 24.8. The zero-order chi connectivity index (χ0) is 9.00. The second kappa shape index (κ2) is 15.9. The topological polar surface area (TPSA) is 138 Å². The molecule has 0 fully saturated rings. The van der Waals surface area contributed by atoms with Gasteiger partial charge in [0.05, 0.1) is 0 Å². The van der Waals surface area contributed by atoms with Gasteiger partial charge in [0.2, 0.25) is 0 Å². The maximum absolute atomic E-state index is 9.05. The molecule has 0 spiro atoms. The van der Waals surface area contributed by atoms with Crippen molar-refractivity contribution in [1.29, 1.82) is 0 Å². The van der Waals surface area contributed by atoms with Gasteiger partial charge in [0, 0.05) is 0 Å². The normalized spacial score (nSPS) is 9.23. The summed E-state index contributed by atoms with van der Waals surface area (Å²) < 4.78 is 0. The summed E-state index contributed by atoms with van der Waals surface area (Å²) in [7, 11) is -9.10. The molecular weight excluding hydrogens is 724 g/mol. The average Bonchev–Trinajstić information content (AvgIpc) is 1.12. The number of rotatable bonds is 0. The van der Waals surface area contributed by atoms with Crippen molar-refractivity contribution in [2.75, 3.05) is 0 Å². The quantitative estimate of drug-likeness (QED) is 0.180. The van der Waals surface area contributed by atoms with Gasteiger partial charge in [0.1, 0.15) is 0 Å². The Morgan fingerprint density at radius 1 is 0.538 bits per heavy atom. The van der Waals surface area contributed by atoms with Crippen LogP contribution in [0.15, 0.2) is 0 Å². The van der Waals surface area contributed by atoms with E-state index < -0.39 is 14.8 Å². The van der Waals surface area contributed by atoms with E-state index in [-0.39, 0.29) is 147 Å². The molecule has 0 aromatic rings. The van der Waals surface area contributed by atoms with Crippen LogP contribution in [0.25, 0.3) is 0 Å². The Hall–Kier alpha value is 5.87. The van der Waals surface area contributed by atoms with E-state index in [1.54, 1.807) is 0 Å². The van der Waals surface area contributed by atoms with Crippen molar-refractivity contribution < 1.29 is 28.8 Å². The molecule has 6 nitrogen and oxygen atoms in total. The molecule has 0 aliphatic carbocycles. The predicted octanol–water partition coefficient (Wildman–Crippen LogP) is -7.35. The minimum atomic E-state index is -4.55. The first-order valence-corrected chi connectivity index (χ1v) is 9.57. The summed E-state index contributed by atoms with van der Waals surface area (Å²) in [6, 6.07) is 0. The molecule has 0 amide bonds. The number of halogens is 2. The average molecular weight is 724 g/mol. The summed E-state index contributed by atoms with van der Waals surface area (Å²) in [6.45, 7) is 0. The first-order valence-electron chi connectivity index (χ1n) is 1.60. The first-order chi connectivity index (χ1) is 4.00. The van der Waals surface area contributed by atoms with Crippen molar-refractivity contribution in [3.05, 3.63) is 0 Å². The fraction of sp³-hybridized carbons (Fsp3) is 0.